The number of aromatic nitrogens is 4. The highest BCUT2D eigenvalue weighted by molar-refractivity contribution is 7.89. The minimum Gasteiger partial charge on any atom is -0.493 e. The van der Waals surface area contributed by atoms with Gasteiger partial charge in [-0.25, -0.2) is 32.3 Å². The first-order valence-electron chi connectivity index (χ1n) is 13.4. The van der Waals surface area contributed by atoms with Crippen LogP contribution in [0.15, 0.2) is 27.9 Å². The standard InChI is InChI=1S/C26H36N6O5S/c1-3-37-22-10-9-20(38(34,35)27-11-6-12-31-13-15-36-16-14-31)17-21(22)24-29-25-23(19-7-4-5-8-19)28-18(2)32(25)26(33)30-24/h9-10,17,19,27H,3-8,11-16H2,1-2H3,(H,29,30,33). The van der Waals surface area contributed by atoms with Gasteiger partial charge in [-0.05, 0) is 57.9 Å². The predicted octanol–water partition coefficient (Wildman–Crippen LogP) is 2.45. The Bertz CT molecular complexity index is 1440. The smallest absolute Gasteiger partial charge is 0.334 e. The van der Waals surface area contributed by atoms with E-state index in [0.717, 1.165) is 51.0 Å². The number of hydrogen-bond donors (Lipinski definition) is 2. The molecule has 38 heavy (non-hydrogen) atoms. The summed E-state index contributed by atoms with van der Waals surface area (Å²) < 4.78 is 41.7. The van der Waals surface area contributed by atoms with Crippen LogP contribution in [0.1, 0.15) is 56.5 Å². The van der Waals surface area contributed by atoms with Crippen LogP contribution < -0.4 is 15.1 Å². The summed E-state index contributed by atoms with van der Waals surface area (Å²) in [4.78, 5) is 27.8. The number of rotatable bonds is 10. The second-order valence-corrected chi connectivity index (χ2v) is 11.6. The number of H-pyrrole nitrogens is 1. The third-order valence-electron chi connectivity index (χ3n) is 7.30. The third-order valence-corrected chi connectivity index (χ3v) is 8.76. The van der Waals surface area contributed by atoms with Gasteiger partial charge in [0.1, 0.15) is 17.4 Å². The molecule has 206 valence electrons. The Morgan fingerprint density at radius 2 is 1.95 bits per heavy atom. The van der Waals surface area contributed by atoms with Gasteiger partial charge in [-0.15, -0.1) is 0 Å². The number of ether oxygens (including phenoxy) is 2. The number of aromatic amines is 1. The van der Waals surface area contributed by atoms with Crippen LogP contribution in [0, 0.1) is 6.92 Å². The van der Waals surface area contributed by atoms with Crippen molar-refractivity contribution in [1.29, 1.82) is 0 Å². The first-order chi connectivity index (χ1) is 18.4. The first-order valence-corrected chi connectivity index (χ1v) is 14.9. The summed E-state index contributed by atoms with van der Waals surface area (Å²) in [6.45, 7) is 8.31. The van der Waals surface area contributed by atoms with Gasteiger partial charge in [0.05, 0.1) is 36.0 Å². The minimum atomic E-state index is -3.78. The van der Waals surface area contributed by atoms with Crippen molar-refractivity contribution in [3.05, 3.63) is 40.2 Å². The van der Waals surface area contributed by atoms with E-state index in [1.165, 1.54) is 16.5 Å². The molecule has 1 aliphatic heterocycles. The van der Waals surface area contributed by atoms with E-state index in [1.54, 1.807) is 13.0 Å². The van der Waals surface area contributed by atoms with Crippen molar-refractivity contribution in [1.82, 2.24) is 29.0 Å². The van der Waals surface area contributed by atoms with Crippen molar-refractivity contribution in [3.63, 3.8) is 0 Å². The Morgan fingerprint density at radius 3 is 2.68 bits per heavy atom. The summed E-state index contributed by atoms with van der Waals surface area (Å²) in [5.74, 6) is 1.56. The number of aryl methyl sites for hydroxylation is 1. The molecule has 5 rings (SSSR count). The maximum absolute atomic E-state index is 13.2. The molecule has 2 aromatic heterocycles. The number of benzene rings is 1. The van der Waals surface area contributed by atoms with Crippen LogP contribution in [0.5, 0.6) is 5.75 Å². The van der Waals surface area contributed by atoms with E-state index in [2.05, 4.69) is 14.6 Å². The lowest BCUT2D eigenvalue weighted by Crippen LogP contribution is -2.38. The molecular weight excluding hydrogens is 508 g/mol. The summed E-state index contributed by atoms with van der Waals surface area (Å²) in [6, 6.07) is 4.65. The molecule has 1 aromatic carbocycles. The summed E-state index contributed by atoms with van der Waals surface area (Å²) >= 11 is 0. The summed E-state index contributed by atoms with van der Waals surface area (Å²) in [6.07, 6.45) is 4.99. The Kier molecular flexibility index (Phi) is 8.12. The molecule has 2 N–H and O–H groups in total. The van der Waals surface area contributed by atoms with Crippen LogP contribution in [0.2, 0.25) is 0 Å². The lowest BCUT2D eigenvalue weighted by molar-refractivity contribution is 0.0376. The molecular formula is C26H36N6O5S. The number of nitrogens with zero attached hydrogens (tertiary/aromatic N) is 4. The largest absolute Gasteiger partial charge is 0.493 e. The molecule has 0 radical (unpaired) electrons. The minimum absolute atomic E-state index is 0.0885. The summed E-state index contributed by atoms with van der Waals surface area (Å²) in [5.41, 5.74) is 1.40. The van der Waals surface area contributed by atoms with Crippen LogP contribution >= 0.6 is 0 Å². The SMILES string of the molecule is CCOc1ccc(S(=O)(=O)NCCCN2CCOCC2)cc1-c1nc2c(C3CCCC3)nc(C)n2c(=O)[nH]1. The fourth-order valence-corrected chi connectivity index (χ4v) is 6.44. The number of hydrogen-bond acceptors (Lipinski definition) is 8. The van der Waals surface area contributed by atoms with Gasteiger partial charge in [-0.3, -0.25) is 9.88 Å². The van der Waals surface area contributed by atoms with Crippen molar-refractivity contribution in [3.8, 4) is 17.1 Å². The fraction of sp³-hybridized carbons (Fsp3) is 0.577. The van der Waals surface area contributed by atoms with E-state index in [4.69, 9.17) is 19.4 Å². The molecule has 2 aliphatic rings. The van der Waals surface area contributed by atoms with Crippen molar-refractivity contribution in [2.75, 3.05) is 46.0 Å². The van der Waals surface area contributed by atoms with Gasteiger partial charge >= 0.3 is 5.69 Å². The van der Waals surface area contributed by atoms with E-state index >= 15 is 0 Å². The van der Waals surface area contributed by atoms with E-state index in [9.17, 15) is 13.2 Å². The topological polar surface area (TPSA) is 131 Å². The van der Waals surface area contributed by atoms with Gasteiger partial charge in [0.25, 0.3) is 0 Å². The average molecular weight is 545 g/mol. The monoisotopic (exact) mass is 544 g/mol. The number of fused-ring (bicyclic) bond motifs is 1. The Labute approximate surface area is 222 Å². The molecule has 2 fully saturated rings. The molecule has 3 heterocycles. The summed E-state index contributed by atoms with van der Waals surface area (Å²) in [7, 11) is -3.78. The molecule has 0 atom stereocenters. The molecule has 0 spiro atoms. The molecule has 1 saturated heterocycles. The Balaban J connectivity index is 1.44. The lowest BCUT2D eigenvalue weighted by Gasteiger charge is -2.26. The zero-order valence-corrected chi connectivity index (χ0v) is 22.8. The molecule has 1 aliphatic carbocycles. The molecule has 0 amide bonds. The van der Waals surface area contributed by atoms with Crippen LogP contribution in [-0.4, -0.2) is 78.7 Å². The average Bonchev–Trinajstić information content (AvgIpc) is 3.56. The molecule has 11 nitrogen and oxygen atoms in total. The van der Waals surface area contributed by atoms with E-state index in [-0.39, 0.29) is 22.3 Å². The Morgan fingerprint density at radius 1 is 1.18 bits per heavy atom. The maximum Gasteiger partial charge on any atom is 0.334 e. The molecule has 0 unspecified atom stereocenters. The predicted molar refractivity (Wildman–Crippen MR) is 143 cm³/mol. The normalized spacial score (nSPS) is 17.4. The zero-order chi connectivity index (χ0) is 26.7. The van der Waals surface area contributed by atoms with Crippen LogP contribution in [0.3, 0.4) is 0 Å². The number of sulfonamides is 1. The second-order valence-electron chi connectivity index (χ2n) is 9.87. The van der Waals surface area contributed by atoms with Gasteiger partial charge in [0, 0.05) is 25.6 Å². The van der Waals surface area contributed by atoms with Crippen molar-refractivity contribution >= 4 is 15.7 Å². The zero-order valence-electron chi connectivity index (χ0n) is 22.0. The third kappa shape index (κ3) is 5.63. The highest BCUT2D eigenvalue weighted by atomic mass is 32.2. The number of nitrogens with one attached hydrogen (secondary N) is 2. The van der Waals surface area contributed by atoms with E-state index in [0.29, 0.717) is 55.6 Å². The number of imidazole rings is 1. The van der Waals surface area contributed by atoms with E-state index in [1.807, 2.05) is 6.92 Å². The van der Waals surface area contributed by atoms with Gasteiger partial charge in [-0.1, -0.05) is 12.8 Å². The molecule has 0 bridgehead atoms. The van der Waals surface area contributed by atoms with Crippen LogP contribution in [-0.2, 0) is 14.8 Å². The highest BCUT2D eigenvalue weighted by Gasteiger charge is 2.26. The van der Waals surface area contributed by atoms with Gasteiger partial charge < -0.3 is 9.47 Å². The van der Waals surface area contributed by atoms with Crippen molar-refractivity contribution in [2.45, 2.75) is 56.8 Å². The quantitative estimate of drug-likeness (QED) is 0.372. The fourth-order valence-electron chi connectivity index (χ4n) is 5.34. The lowest BCUT2D eigenvalue weighted by atomic mass is 10.0. The number of morpholine rings is 1. The van der Waals surface area contributed by atoms with Crippen molar-refractivity contribution in [2.24, 2.45) is 0 Å². The van der Waals surface area contributed by atoms with E-state index < -0.39 is 10.0 Å². The summed E-state index contributed by atoms with van der Waals surface area (Å²) in [5, 5.41) is 0. The second kappa shape index (κ2) is 11.5. The first kappa shape index (κ1) is 26.8. The maximum atomic E-state index is 13.2. The van der Waals surface area contributed by atoms with Crippen molar-refractivity contribution < 1.29 is 17.9 Å². The van der Waals surface area contributed by atoms with Gasteiger partial charge in [0.15, 0.2) is 5.65 Å². The molecule has 3 aromatic rings. The molecule has 1 saturated carbocycles. The highest BCUT2D eigenvalue weighted by Crippen LogP contribution is 2.36. The molecule has 12 heteroatoms. The van der Waals surface area contributed by atoms with Crippen LogP contribution in [0.4, 0.5) is 0 Å². The van der Waals surface area contributed by atoms with Gasteiger partial charge in [0.2, 0.25) is 10.0 Å². The van der Waals surface area contributed by atoms with Crippen LogP contribution in [0.25, 0.3) is 17.0 Å². The Hall–Kier alpha value is -2.80. The van der Waals surface area contributed by atoms with Gasteiger partial charge in [-0.2, -0.15) is 0 Å².